The van der Waals surface area contributed by atoms with E-state index in [0.717, 1.165) is 0 Å². The molecule has 0 spiro atoms. The fraction of sp³-hybridized carbons (Fsp3) is 0.188. The molecule has 2 rings (SSSR count). The smallest absolute Gasteiger partial charge is 0.306 e. The first-order valence-electron chi connectivity index (χ1n) is 6.15. The lowest BCUT2D eigenvalue weighted by Crippen LogP contribution is -2.23. The Bertz CT molecular complexity index is 595. The van der Waals surface area contributed by atoms with E-state index in [2.05, 4.69) is 0 Å². The second kappa shape index (κ2) is 5.82. The fourth-order valence-electron chi connectivity index (χ4n) is 1.89. The minimum absolute atomic E-state index is 0.110. The normalized spacial score (nSPS) is 11.2. The van der Waals surface area contributed by atoms with Crippen LogP contribution in [0.25, 0.3) is 0 Å². The number of benzene rings is 2. The van der Waals surface area contributed by atoms with Gasteiger partial charge in [0, 0.05) is 5.56 Å². The first-order chi connectivity index (χ1) is 9.54. The van der Waals surface area contributed by atoms with Gasteiger partial charge in [0.15, 0.2) is 12.9 Å². The molecule has 0 bridgehead atoms. The minimum atomic E-state index is -3.11. The van der Waals surface area contributed by atoms with Gasteiger partial charge in [0.2, 0.25) is 0 Å². The molecule has 0 aliphatic carbocycles. The molecule has 0 fully saturated rings. The summed E-state index contributed by atoms with van der Waals surface area (Å²) < 4.78 is 33.2. The lowest BCUT2D eigenvalue weighted by Gasteiger charge is -2.19. The Morgan fingerprint density at radius 2 is 1.80 bits per heavy atom. The van der Waals surface area contributed by atoms with Crippen LogP contribution in [0.4, 0.5) is 8.78 Å². The van der Waals surface area contributed by atoms with Gasteiger partial charge in [-0.1, -0.05) is 42.5 Å². The number of alkyl halides is 2. The van der Waals surface area contributed by atoms with Gasteiger partial charge in [-0.2, -0.15) is 8.78 Å². The molecule has 0 saturated carbocycles. The molecule has 2 aromatic carbocycles. The largest absolute Gasteiger partial charge is 0.486 e. The van der Waals surface area contributed by atoms with E-state index in [1.165, 1.54) is 18.2 Å². The molecule has 0 saturated heterocycles. The molecular formula is C16H14F2O2. The number of carbonyl (C=O) groups is 1. The second-order valence-electron chi connectivity index (χ2n) is 4.47. The molecule has 0 N–H and O–H groups in total. The minimum Gasteiger partial charge on any atom is -0.486 e. The Balaban J connectivity index is 2.19. The van der Waals surface area contributed by atoms with Crippen LogP contribution in [0.5, 0.6) is 5.75 Å². The van der Waals surface area contributed by atoms with Crippen LogP contribution in [-0.2, 0) is 5.92 Å². The maximum atomic E-state index is 14.0. The number of carbonyl (C=O) groups excluding carboxylic acids is 1. The third-order valence-corrected chi connectivity index (χ3v) is 2.96. The third-order valence-electron chi connectivity index (χ3n) is 2.96. The Morgan fingerprint density at radius 1 is 1.10 bits per heavy atom. The molecule has 0 heterocycles. The van der Waals surface area contributed by atoms with Crippen LogP contribution in [-0.4, -0.2) is 12.9 Å². The predicted molar refractivity (Wildman–Crippen MR) is 72.4 cm³/mol. The molecule has 0 amide bonds. The van der Waals surface area contributed by atoms with Crippen LogP contribution >= 0.6 is 0 Å². The van der Waals surface area contributed by atoms with Crippen molar-refractivity contribution in [2.24, 2.45) is 0 Å². The van der Waals surface area contributed by atoms with Gasteiger partial charge in [-0.3, -0.25) is 4.79 Å². The number of ether oxygens (including phenoxy) is 1. The molecule has 20 heavy (non-hydrogen) atoms. The van der Waals surface area contributed by atoms with Crippen molar-refractivity contribution in [2.45, 2.75) is 12.8 Å². The van der Waals surface area contributed by atoms with E-state index in [1.54, 1.807) is 37.3 Å². The summed E-state index contributed by atoms with van der Waals surface area (Å²) in [6.07, 6.45) is 0.600. The molecule has 0 atom stereocenters. The number of hydrogen-bond donors (Lipinski definition) is 0. The average molecular weight is 276 g/mol. The van der Waals surface area contributed by atoms with Gasteiger partial charge in [-0.05, 0) is 18.6 Å². The Hall–Kier alpha value is -2.23. The van der Waals surface area contributed by atoms with Gasteiger partial charge in [-0.15, -0.1) is 0 Å². The second-order valence-corrected chi connectivity index (χ2v) is 4.47. The molecule has 104 valence electrons. The van der Waals surface area contributed by atoms with Gasteiger partial charge in [0.05, 0.1) is 5.56 Å². The van der Waals surface area contributed by atoms with Crippen molar-refractivity contribution in [3.8, 4) is 5.75 Å². The van der Waals surface area contributed by atoms with E-state index in [1.807, 2.05) is 0 Å². The number of aldehydes is 1. The fourth-order valence-corrected chi connectivity index (χ4v) is 1.89. The first kappa shape index (κ1) is 14.2. The quantitative estimate of drug-likeness (QED) is 0.772. The molecule has 0 unspecified atom stereocenters. The van der Waals surface area contributed by atoms with Gasteiger partial charge >= 0.3 is 5.92 Å². The van der Waals surface area contributed by atoms with Crippen molar-refractivity contribution >= 4 is 6.29 Å². The molecule has 2 nitrogen and oxygen atoms in total. The van der Waals surface area contributed by atoms with E-state index in [-0.39, 0.29) is 16.9 Å². The molecule has 0 radical (unpaired) electrons. The Kier molecular flexibility index (Phi) is 4.13. The molecular weight excluding hydrogens is 262 g/mol. The summed E-state index contributed by atoms with van der Waals surface area (Å²) >= 11 is 0. The van der Waals surface area contributed by atoms with E-state index in [0.29, 0.717) is 11.8 Å². The molecule has 0 aliphatic rings. The number of hydrogen-bond acceptors (Lipinski definition) is 2. The van der Waals surface area contributed by atoms with E-state index in [9.17, 15) is 13.6 Å². The molecule has 0 aromatic heterocycles. The highest BCUT2D eigenvalue weighted by molar-refractivity contribution is 5.80. The third kappa shape index (κ3) is 3.02. The van der Waals surface area contributed by atoms with Crippen molar-refractivity contribution in [1.29, 1.82) is 0 Å². The standard InChI is InChI=1S/C16H14F2O2/c1-12-6-5-7-13(10-19)15(12)20-11-16(17,18)14-8-3-2-4-9-14/h2-10H,11H2,1H3. The van der Waals surface area contributed by atoms with Crippen LogP contribution < -0.4 is 4.74 Å². The summed E-state index contributed by atoms with van der Waals surface area (Å²) in [4.78, 5) is 10.9. The average Bonchev–Trinajstić information content (AvgIpc) is 2.46. The number of aryl methyl sites for hydroxylation is 1. The zero-order valence-electron chi connectivity index (χ0n) is 11.0. The van der Waals surface area contributed by atoms with Crippen molar-refractivity contribution in [2.75, 3.05) is 6.61 Å². The lowest BCUT2D eigenvalue weighted by atomic mass is 10.1. The Morgan fingerprint density at radius 3 is 2.45 bits per heavy atom. The van der Waals surface area contributed by atoms with Crippen molar-refractivity contribution in [3.63, 3.8) is 0 Å². The van der Waals surface area contributed by atoms with Gasteiger partial charge in [0.25, 0.3) is 0 Å². The number of para-hydroxylation sites is 1. The van der Waals surface area contributed by atoms with Crippen LogP contribution in [0.1, 0.15) is 21.5 Å². The highest BCUT2D eigenvalue weighted by atomic mass is 19.3. The number of halogens is 2. The van der Waals surface area contributed by atoms with Crippen LogP contribution in [0.2, 0.25) is 0 Å². The summed E-state index contributed by atoms with van der Waals surface area (Å²) in [5.41, 5.74) is 0.813. The summed E-state index contributed by atoms with van der Waals surface area (Å²) in [6.45, 7) is 0.908. The van der Waals surface area contributed by atoms with Gasteiger partial charge in [0.1, 0.15) is 5.75 Å². The monoisotopic (exact) mass is 276 g/mol. The highest BCUT2D eigenvalue weighted by Crippen LogP contribution is 2.30. The summed E-state index contributed by atoms with van der Waals surface area (Å²) in [7, 11) is 0. The molecule has 4 heteroatoms. The lowest BCUT2D eigenvalue weighted by molar-refractivity contribution is -0.0469. The van der Waals surface area contributed by atoms with Crippen molar-refractivity contribution in [3.05, 3.63) is 65.2 Å². The Labute approximate surface area is 116 Å². The first-order valence-corrected chi connectivity index (χ1v) is 6.15. The molecule has 2 aromatic rings. The summed E-state index contributed by atoms with van der Waals surface area (Å²) in [5, 5.41) is 0. The summed E-state index contributed by atoms with van der Waals surface area (Å²) in [6, 6.07) is 12.4. The zero-order chi connectivity index (χ0) is 14.6. The zero-order valence-corrected chi connectivity index (χ0v) is 11.0. The van der Waals surface area contributed by atoms with E-state index < -0.39 is 12.5 Å². The maximum absolute atomic E-state index is 14.0. The highest BCUT2D eigenvalue weighted by Gasteiger charge is 2.32. The van der Waals surface area contributed by atoms with E-state index in [4.69, 9.17) is 4.74 Å². The van der Waals surface area contributed by atoms with Crippen molar-refractivity contribution < 1.29 is 18.3 Å². The SMILES string of the molecule is Cc1cccc(C=O)c1OCC(F)(F)c1ccccc1. The van der Waals surface area contributed by atoms with Gasteiger partial charge < -0.3 is 4.74 Å². The van der Waals surface area contributed by atoms with Gasteiger partial charge in [-0.25, -0.2) is 0 Å². The maximum Gasteiger partial charge on any atom is 0.306 e. The predicted octanol–water partition coefficient (Wildman–Crippen LogP) is 3.98. The van der Waals surface area contributed by atoms with Crippen molar-refractivity contribution in [1.82, 2.24) is 0 Å². The van der Waals surface area contributed by atoms with E-state index >= 15 is 0 Å². The topological polar surface area (TPSA) is 26.3 Å². The van der Waals surface area contributed by atoms with Crippen LogP contribution in [0.15, 0.2) is 48.5 Å². The molecule has 0 aliphatic heterocycles. The summed E-state index contributed by atoms with van der Waals surface area (Å²) in [5.74, 6) is -2.90. The number of rotatable bonds is 5. The van der Waals surface area contributed by atoms with Crippen LogP contribution in [0.3, 0.4) is 0 Å². The van der Waals surface area contributed by atoms with Crippen LogP contribution in [0, 0.1) is 6.92 Å².